The summed E-state index contributed by atoms with van der Waals surface area (Å²) in [6, 6.07) is 13.0. The summed E-state index contributed by atoms with van der Waals surface area (Å²) in [4.78, 5) is 6.60. The Morgan fingerprint density at radius 2 is 1.96 bits per heavy atom. The Kier molecular flexibility index (Phi) is 4.77. The van der Waals surface area contributed by atoms with Crippen molar-refractivity contribution in [1.29, 1.82) is 0 Å². The largest absolute Gasteiger partial charge is 0.506 e. The van der Waals surface area contributed by atoms with Gasteiger partial charge in [-0.15, -0.1) is 0 Å². The number of phenols is 1. The van der Waals surface area contributed by atoms with Crippen LogP contribution in [0.15, 0.2) is 48.7 Å². The van der Waals surface area contributed by atoms with Crippen molar-refractivity contribution < 1.29 is 5.11 Å². The highest BCUT2D eigenvalue weighted by atomic mass is 35.5. The number of phenolic OH excluding ortho intramolecular Hbond substituents is 1. The van der Waals surface area contributed by atoms with Gasteiger partial charge in [-0.1, -0.05) is 17.7 Å². The minimum Gasteiger partial charge on any atom is -0.506 e. The molecule has 2 atom stereocenters. The van der Waals surface area contributed by atoms with Crippen LogP contribution in [0.3, 0.4) is 0 Å². The third kappa shape index (κ3) is 3.02. The molecule has 0 spiro atoms. The summed E-state index contributed by atoms with van der Waals surface area (Å²) in [5.41, 5.74) is 4.77. The lowest BCUT2D eigenvalue weighted by Gasteiger charge is -2.24. The van der Waals surface area contributed by atoms with Crippen molar-refractivity contribution in [3.63, 3.8) is 0 Å². The highest BCUT2D eigenvalue weighted by Crippen LogP contribution is 2.41. The topological polar surface area (TPSA) is 53.3 Å². The van der Waals surface area contributed by atoms with E-state index in [4.69, 9.17) is 23.8 Å². The van der Waals surface area contributed by atoms with Gasteiger partial charge < -0.3 is 19.9 Å². The molecule has 3 aromatic rings. The number of halogens is 1. The maximum Gasteiger partial charge on any atom is 0.169 e. The average Bonchev–Trinajstić information content (AvgIpc) is 3.13. The highest BCUT2D eigenvalue weighted by molar-refractivity contribution is 7.80. The van der Waals surface area contributed by atoms with Crippen molar-refractivity contribution in [2.24, 2.45) is 0 Å². The van der Waals surface area contributed by atoms with E-state index in [1.807, 2.05) is 43.7 Å². The van der Waals surface area contributed by atoms with Crippen LogP contribution in [0.25, 0.3) is 5.69 Å². The quantitative estimate of drug-likeness (QED) is 0.622. The fourth-order valence-corrected chi connectivity index (χ4v) is 4.39. The van der Waals surface area contributed by atoms with Crippen LogP contribution in [0.1, 0.15) is 34.7 Å². The molecule has 7 heteroatoms. The molecule has 0 amide bonds. The lowest BCUT2D eigenvalue weighted by atomic mass is 9.97. The Balaban J connectivity index is 1.85. The van der Waals surface area contributed by atoms with Crippen LogP contribution < -0.4 is 5.32 Å². The van der Waals surface area contributed by atoms with Crippen LogP contribution in [0, 0.1) is 13.8 Å². The van der Waals surface area contributed by atoms with Crippen LogP contribution in [-0.4, -0.2) is 31.7 Å². The van der Waals surface area contributed by atoms with Crippen LogP contribution in [0.4, 0.5) is 0 Å². The zero-order chi connectivity index (χ0) is 20.0. The number of likely N-dealkylation sites (N-methyl/N-ethyl adjacent to an activating group) is 1. The molecule has 0 bridgehead atoms. The minimum atomic E-state index is -0.0550. The van der Waals surface area contributed by atoms with E-state index in [2.05, 4.69) is 21.3 Å². The molecule has 144 valence electrons. The first kappa shape index (κ1) is 18.8. The molecule has 3 heterocycles. The first-order valence-electron chi connectivity index (χ1n) is 9.00. The monoisotopic (exact) mass is 412 g/mol. The van der Waals surface area contributed by atoms with E-state index in [-0.39, 0.29) is 17.8 Å². The van der Waals surface area contributed by atoms with E-state index in [1.165, 1.54) is 0 Å². The van der Waals surface area contributed by atoms with E-state index in [9.17, 15) is 5.11 Å². The van der Waals surface area contributed by atoms with Crippen molar-refractivity contribution in [3.8, 4) is 11.4 Å². The summed E-state index contributed by atoms with van der Waals surface area (Å²) in [5, 5.41) is 15.1. The van der Waals surface area contributed by atoms with Crippen molar-refractivity contribution in [2.75, 3.05) is 7.05 Å². The number of nitrogens with zero attached hydrogens (tertiary/aromatic N) is 3. The summed E-state index contributed by atoms with van der Waals surface area (Å²) in [5.74, 6) is 0.187. The van der Waals surface area contributed by atoms with Crippen LogP contribution >= 0.6 is 23.8 Å². The molecular weight excluding hydrogens is 392 g/mol. The van der Waals surface area contributed by atoms with Gasteiger partial charge >= 0.3 is 0 Å². The fraction of sp³-hybridized carbons (Fsp3) is 0.238. The average molecular weight is 413 g/mol. The molecule has 1 aromatic carbocycles. The van der Waals surface area contributed by atoms with Gasteiger partial charge in [0.25, 0.3) is 0 Å². The number of aromatic hydroxyl groups is 1. The first-order chi connectivity index (χ1) is 13.4. The van der Waals surface area contributed by atoms with E-state index < -0.39 is 0 Å². The summed E-state index contributed by atoms with van der Waals surface area (Å²) < 4.78 is 2.03. The number of benzene rings is 1. The molecule has 0 radical (unpaired) electrons. The summed E-state index contributed by atoms with van der Waals surface area (Å²) in [6.07, 6.45) is 1.79. The van der Waals surface area contributed by atoms with E-state index in [0.717, 1.165) is 22.6 Å². The molecule has 1 aliphatic heterocycles. The predicted octanol–water partition coefficient (Wildman–Crippen LogP) is 4.45. The maximum atomic E-state index is 10.4. The summed E-state index contributed by atoms with van der Waals surface area (Å²) in [7, 11) is 1.99. The zero-order valence-corrected chi connectivity index (χ0v) is 17.4. The molecule has 0 unspecified atom stereocenters. The Morgan fingerprint density at radius 3 is 2.68 bits per heavy atom. The zero-order valence-electron chi connectivity index (χ0n) is 15.8. The minimum absolute atomic E-state index is 0.0105. The molecule has 2 N–H and O–H groups in total. The van der Waals surface area contributed by atoms with E-state index >= 15 is 0 Å². The molecule has 1 fully saturated rings. The Hall–Kier alpha value is -2.57. The molecule has 4 rings (SSSR count). The number of thiocarbonyl (C=S) groups is 1. The standard InChI is InChI=1S/C21H21ClN4OS/c1-12-10-15(13(2)26(12)17-11-14(22)7-8-18(17)27)20-19(24-21(28)25(20)3)16-6-4-5-9-23-16/h4-11,19-20,27H,1-3H3,(H,24,28)/t19-,20+/m0/s1. The number of rotatable bonds is 3. The second-order valence-electron chi connectivity index (χ2n) is 7.03. The summed E-state index contributed by atoms with van der Waals surface area (Å²) >= 11 is 11.7. The maximum absolute atomic E-state index is 10.4. The first-order valence-corrected chi connectivity index (χ1v) is 9.79. The molecular formula is C21H21ClN4OS. The molecule has 2 aromatic heterocycles. The summed E-state index contributed by atoms with van der Waals surface area (Å²) in [6.45, 7) is 4.07. The predicted molar refractivity (Wildman–Crippen MR) is 115 cm³/mol. The number of hydrogen-bond acceptors (Lipinski definition) is 3. The van der Waals surface area contributed by atoms with Gasteiger partial charge in [0.2, 0.25) is 0 Å². The van der Waals surface area contributed by atoms with E-state index in [1.54, 1.807) is 24.4 Å². The van der Waals surface area contributed by atoms with Crippen LogP contribution in [-0.2, 0) is 0 Å². The number of pyridine rings is 1. The van der Waals surface area contributed by atoms with Crippen LogP contribution in [0.5, 0.6) is 5.75 Å². The second-order valence-corrected chi connectivity index (χ2v) is 7.86. The molecule has 0 saturated carbocycles. The van der Waals surface area contributed by atoms with Gasteiger partial charge in [-0.25, -0.2) is 0 Å². The fourth-order valence-electron chi connectivity index (χ4n) is 3.98. The molecule has 1 aliphatic rings. The number of aryl methyl sites for hydroxylation is 1. The van der Waals surface area contributed by atoms with Crippen LogP contribution in [0.2, 0.25) is 5.02 Å². The van der Waals surface area contributed by atoms with Gasteiger partial charge in [0.15, 0.2) is 5.11 Å². The lowest BCUT2D eigenvalue weighted by molar-refractivity contribution is 0.367. The number of nitrogens with one attached hydrogen (secondary N) is 1. The van der Waals surface area contributed by atoms with Gasteiger partial charge in [-0.2, -0.15) is 0 Å². The van der Waals surface area contributed by atoms with Gasteiger partial charge in [0.05, 0.1) is 23.5 Å². The Morgan fingerprint density at radius 1 is 1.18 bits per heavy atom. The van der Waals surface area contributed by atoms with Gasteiger partial charge in [0, 0.05) is 29.7 Å². The molecule has 1 saturated heterocycles. The van der Waals surface area contributed by atoms with Crippen molar-refractivity contribution >= 4 is 28.9 Å². The molecule has 28 heavy (non-hydrogen) atoms. The normalized spacial score (nSPS) is 19.1. The van der Waals surface area contributed by atoms with Crippen molar-refractivity contribution in [3.05, 3.63) is 76.3 Å². The SMILES string of the molecule is Cc1cc([C@@H]2[C@H](c3ccccn3)NC(=S)N2C)c(C)n1-c1cc(Cl)ccc1O. The molecule has 5 nitrogen and oxygen atoms in total. The Labute approximate surface area is 174 Å². The third-order valence-electron chi connectivity index (χ3n) is 5.31. The van der Waals surface area contributed by atoms with Gasteiger partial charge in [-0.3, -0.25) is 4.98 Å². The lowest BCUT2D eigenvalue weighted by Crippen LogP contribution is -2.25. The third-order valence-corrected chi connectivity index (χ3v) is 5.95. The highest BCUT2D eigenvalue weighted by Gasteiger charge is 2.39. The second kappa shape index (κ2) is 7.11. The van der Waals surface area contributed by atoms with E-state index in [0.29, 0.717) is 15.8 Å². The number of aromatic nitrogens is 2. The molecule has 0 aliphatic carbocycles. The van der Waals surface area contributed by atoms with Gasteiger partial charge in [-0.05, 0) is 68.0 Å². The smallest absolute Gasteiger partial charge is 0.169 e. The Bertz CT molecular complexity index is 1050. The van der Waals surface area contributed by atoms with Crippen molar-refractivity contribution in [2.45, 2.75) is 25.9 Å². The van der Waals surface area contributed by atoms with Gasteiger partial charge in [0.1, 0.15) is 5.75 Å². The number of hydrogen-bond donors (Lipinski definition) is 2. The van der Waals surface area contributed by atoms with Crippen molar-refractivity contribution in [1.82, 2.24) is 19.8 Å².